The van der Waals surface area contributed by atoms with Crippen LogP contribution in [0.3, 0.4) is 0 Å². The van der Waals surface area contributed by atoms with Gasteiger partial charge >= 0.3 is 0 Å². The zero-order chi connectivity index (χ0) is 6.53. The Morgan fingerprint density at radius 2 is 1.56 bits per heavy atom. The second kappa shape index (κ2) is 3.22. The molecule has 0 aromatic rings. The molecule has 1 N–H and O–H groups in total. The number of hydrogen-bond acceptors (Lipinski definition) is 2. The Balaban J connectivity index is 2.58. The molecule has 0 spiro atoms. The molecular formula is C7H7O2. The summed E-state index contributed by atoms with van der Waals surface area (Å²) < 4.78 is 0. The van der Waals surface area contributed by atoms with Crippen LogP contribution in [-0.2, 0) is 4.89 Å². The molecule has 0 heterocycles. The van der Waals surface area contributed by atoms with E-state index in [0.29, 0.717) is 6.10 Å². The fourth-order valence-electron chi connectivity index (χ4n) is 0.546. The van der Waals surface area contributed by atoms with Crippen LogP contribution in [0.4, 0.5) is 0 Å². The highest BCUT2D eigenvalue weighted by Gasteiger charge is 1.98. The Morgan fingerprint density at radius 3 is 2.00 bits per heavy atom. The van der Waals surface area contributed by atoms with Crippen LogP contribution in [0.2, 0.25) is 0 Å². The van der Waals surface area contributed by atoms with Gasteiger partial charge in [-0.2, -0.15) is 0 Å². The van der Waals surface area contributed by atoms with Gasteiger partial charge in [0.1, 0.15) is 0 Å². The van der Waals surface area contributed by atoms with Crippen LogP contribution >= 0.6 is 0 Å². The highest BCUT2D eigenvalue weighted by molar-refractivity contribution is 5.27. The van der Waals surface area contributed by atoms with Gasteiger partial charge in [0.2, 0.25) is 0 Å². The van der Waals surface area contributed by atoms with Gasteiger partial charge in [-0.1, -0.05) is 24.3 Å². The van der Waals surface area contributed by atoms with Gasteiger partial charge in [-0.25, -0.2) is 4.89 Å². The van der Waals surface area contributed by atoms with E-state index in [-0.39, 0.29) is 0 Å². The summed E-state index contributed by atoms with van der Waals surface area (Å²) in [7, 11) is 0. The summed E-state index contributed by atoms with van der Waals surface area (Å²) in [6, 6.07) is 0. The predicted octanol–water partition coefficient (Wildman–Crippen LogP) is 1.69. The van der Waals surface area contributed by atoms with E-state index in [1.54, 1.807) is 24.3 Å². The van der Waals surface area contributed by atoms with Gasteiger partial charge in [0.25, 0.3) is 0 Å². The molecule has 0 aromatic heterocycles. The van der Waals surface area contributed by atoms with Gasteiger partial charge < -0.3 is 0 Å². The van der Waals surface area contributed by atoms with Gasteiger partial charge in [-0.3, -0.25) is 5.26 Å². The lowest BCUT2D eigenvalue weighted by Crippen LogP contribution is -1.89. The number of rotatable bonds is 1. The van der Waals surface area contributed by atoms with Gasteiger partial charge in [-0.05, 0) is 12.2 Å². The van der Waals surface area contributed by atoms with Crippen molar-refractivity contribution >= 4 is 0 Å². The van der Waals surface area contributed by atoms with E-state index in [2.05, 4.69) is 4.89 Å². The lowest BCUT2D eigenvalue weighted by atomic mass is 10.3. The molecule has 1 radical (unpaired) electrons. The summed E-state index contributed by atoms with van der Waals surface area (Å²) in [6.07, 6.45) is 11.0. The van der Waals surface area contributed by atoms with Crippen molar-refractivity contribution in [1.82, 2.24) is 0 Å². The molecule has 47 valence electrons. The van der Waals surface area contributed by atoms with Crippen molar-refractivity contribution in [3.05, 3.63) is 42.6 Å². The summed E-state index contributed by atoms with van der Waals surface area (Å²) in [5, 5.41) is 8.15. The van der Waals surface area contributed by atoms with Gasteiger partial charge in [0.05, 0.1) is 0 Å². The van der Waals surface area contributed by atoms with E-state index in [1.807, 2.05) is 12.2 Å². The first-order chi connectivity index (χ1) is 4.43. The maximum atomic E-state index is 8.15. The van der Waals surface area contributed by atoms with Crippen LogP contribution in [0.1, 0.15) is 0 Å². The average molecular weight is 123 g/mol. The molecule has 1 rings (SSSR count). The van der Waals surface area contributed by atoms with E-state index in [0.717, 1.165) is 0 Å². The quantitative estimate of drug-likeness (QED) is 0.424. The van der Waals surface area contributed by atoms with Crippen molar-refractivity contribution < 1.29 is 10.1 Å². The van der Waals surface area contributed by atoms with Crippen LogP contribution in [0.5, 0.6) is 0 Å². The minimum Gasteiger partial charge on any atom is -0.250 e. The molecule has 0 atom stereocenters. The molecule has 0 aliphatic heterocycles. The van der Waals surface area contributed by atoms with Crippen LogP contribution in [0, 0.1) is 6.10 Å². The SMILES string of the molecule is OO[C]1C=CC=CC=C1. The average Bonchev–Trinajstić information content (AvgIpc) is 2.13. The molecule has 0 aromatic carbocycles. The molecule has 2 heteroatoms. The van der Waals surface area contributed by atoms with Crippen molar-refractivity contribution in [1.29, 1.82) is 0 Å². The van der Waals surface area contributed by atoms with E-state index >= 15 is 0 Å². The van der Waals surface area contributed by atoms with Crippen molar-refractivity contribution in [2.45, 2.75) is 0 Å². The summed E-state index contributed by atoms with van der Waals surface area (Å²) in [5.41, 5.74) is 0. The predicted molar refractivity (Wildman–Crippen MR) is 34.4 cm³/mol. The molecular weight excluding hydrogens is 116 g/mol. The molecule has 1 aliphatic rings. The highest BCUT2D eigenvalue weighted by Crippen LogP contribution is 2.06. The van der Waals surface area contributed by atoms with Crippen LogP contribution in [-0.4, -0.2) is 5.26 Å². The first kappa shape index (κ1) is 6.26. The molecule has 2 nitrogen and oxygen atoms in total. The second-order valence-electron chi connectivity index (χ2n) is 1.60. The van der Waals surface area contributed by atoms with Crippen molar-refractivity contribution in [3.63, 3.8) is 0 Å². The third kappa shape index (κ3) is 1.83. The first-order valence-corrected chi connectivity index (χ1v) is 2.63. The lowest BCUT2D eigenvalue weighted by molar-refractivity contribution is -0.218. The van der Waals surface area contributed by atoms with Crippen molar-refractivity contribution in [2.24, 2.45) is 0 Å². The van der Waals surface area contributed by atoms with E-state index in [4.69, 9.17) is 5.26 Å². The zero-order valence-electron chi connectivity index (χ0n) is 4.82. The normalized spacial score (nSPS) is 18.3. The van der Waals surface area contributed by atoms with Crippen LogP contribution < -0.4 is 0 Å². The fourth-order valence-corrected chi connectivity index (χ4v) is 0.546. The van der Waals surface area contributed by atoms with Gasteiger partial charge in [-0.15, -0.1) is 0 Å². The molecule has 0 saturated carbocycles. The number of allylic oxidation sites excluding steroid dienone is 4. The minimum absolute atomic E-state index is 0.444. The molecule has 0 amide bonds. The van der Waals surface area contributed by atoms with Gasteiger partial charge in [0, 0.05) is 0 Å². The van der Waals surface area contributed by atoms with E-state index in [1.165, 1.54) is 0 Å². The minimum atomic E-state index is 0.444. The third-order valence-corrected chi connectivity index (χ3v) is 0.960. The molecule has 0 bridgehead atoms. The highest BCUT2D eigenvalue weighted by atomic mass is 17.1. The Kier molecular flexibility index (Phi) is 2.24. The Labute approximate surface area is 53.7 Å². The first-order valence-electron chi connectivity index (χ1n) is 2.63. The standard InChI is InChI=1S/C7H7O2/c8-9-7-5-3-1-2-4-6-7/h1-6,8H. The lowest BCUT2D eigenvalue weighted by Gasteiger charge is -1.95. The van der Waals surface area contributed by atoms with E-state index < -0.39 is 0 Å². The number of hydrogen-bond donors (Lipinski definition) is 1. The van der Waals surface area contributed by atoms with Crippen LogP contribution in [0.15, 0.2) is 36.5 Å². The zero-order valence-corrected chi connectivity index (χ0v) is 4.82. The maximum absolute atomic E-state index is 8.15. The second-order valence-corrected chi connectivity index (χ2v) is 1.60. The fraction of sp³-hybridized carbons (Fsp3) is 0. The van der Waals surface area contributed by atoms with Crippen molar-refractivity contribution in [3.8, 4) is 0 Å². The third-order valence-electron chi connectivity index (χ3n) is 0.960. The van der Waals surface area contributed by atoms with Crippen LogP contribution in [0.25, 0.3) is 0 Å². The summed E-state index contributed by atoms with van der Waals surface area (Å²) in [4.78, 5) is 3.97. The van der Waals surface area contributed by atoms with Gasteiger partial charge in [0.15, 0.2) is 6.10 Å². The largest absolute Gasteiger partial charge is 0.250 e. The monoisotopic (exact) mass is 123 g/mol. The smallest absolute Gasteiger partial charge is 0.179 e. The molecule has 0 fully saturated rings. The topological polar surface area (TPSA) is 29.5 Å². The molecule has 1 aliphatic carbocycles. The molecule has 0 unspecified atom stereocenters. The Bertz CT molecular complexity index is 140. The molecule has 9 heavy (non-hydrogen) atoms. The summed E-state index contributed by atoms with van der Waals surface area (Å²) >= 11 is 0. The summed E-state index contributed by atoms with van der Waals surface area (Å²) in [5.74, 6) is 0. The molecule has 0 saturated heterocycles. The summed E-state index contributed by atoms with van der Waals surface area (Å²) in [6.45, 7) is 0. The maximum Gasteiger partial charge on any atom is 0.179 e. The Morgan fingerprint density at radius 1 is 1.00 bits per heavy atom. The van der Waals surface area contributed by atoms with Crippen molar-refractivity contribution in [2.75, 3.05) is 0 Å². The van der Waals surface area contributed by atoms with E-state index in [9.17, 15) is 0 Å². The Hall–Kier alpha value is -0.860.